The highest BCUT2D eigenvalue weighted by Crippen LogP contribution is 2.59. The fourth-order valence-corrected chi connectivity index (χ4v) is 11.7. The van der Waals surface area contributed by atoms with Crippen LogP contribution in [0.3, 0.4) is 0 Å². The van der Waals surface area contributed by atoms with Crippen molar-refractivity contribution in [2.75, 3.05) is 58.8 Å². The van der Waals surface area contributed by atoms with Crippen LogP contribution in [0.1, 0.15) is 63.8 Å². The molecule has 0 saturated heterocycles. The lowest BCUT2D eigenvalue weighted by atomic mass is 10.00. The predicted molar refractivity (Wildman–Crippen MR) is 234 cm³/mol. The van der Waals surface area contributed by atoms with Gasteiger partial charge in [-0.2, -0.15) is 16.8 Å². The normalized spacial score (nSPS) is 17.4. The number of fused-ring (bicyclic) bond motifs is 1. The molecule has 0 spiro atoms. The number of phenolic OH excluding ortho intramolecular Hbond substituents is 1. The number of unbranched alkanes of at least 4 members (excludes halogenated alkanes) is 2. The minimum atomic E-state index is -4.00. The second-order valence-corrected chi connectivity index (χ2v) is 20.6. The van der Waals surface area contributed by atoms with Crippen LogP contribution in [0.4, 0.5) is 0 Å². The quantitative estimate of drug-likeness (QED) is 0.0454. The number of allylic oxidation sites excluding steroid dienone is 1. The molecule has 340 valence electrons. The number of thioether (sulfide) groups is 1. The zero-order valence-corrected chi connectivity index (χ0v) is 38.2. The number of thiophene rings is 2. The number of ether oxygens (including phenoxy) is 6. The molecule has 0 saturated carbocycles. The Balaban J connectivity index is 1.13. The molecule has 4 N–H and O–H groups in total. The van der Waals surface area contributed by atoms with E-state index in [1.165, 1.54) is 26.4 Å². The van der Waals surface area contributed by atoms with Gasteiger partial charge < -0.3 is 38.8 Å². The third-order valence-corrected chi connectivity index (χ3v) is 15.1. The van der Waals surface area contributed by atoms with Crippen LogP contribution in [0.15, 0.2) is 41.3 Å². The van der Waals surface area contributed by atoms with Crippen molar-refractivity contribution in [3.8, 4) is 38.5 Å². The predicted octanol–water partition coefficient (Wildman–Crippen LogP) is 5.78. The van der Waals surface area contributed by atoms with Crippen LogP contribution >= 0.6 is 34.4 Å². The van der Waals surface area contributed by atoms with Gasteiger partial charge in [0.15, 0.2) is 29.1 Å². The molecule has 4 aromatic rings. The highest BCUT2D eigenvalue weighted by molar-refractivity contribution is 8.02. The number of phenols is 1. The number of hydrogen-bond donors (Lipinski definition) is 4. The molecule has 5 heterocycles. The molecular formula is C39H50N4O14S5. The maximum atomic E-state index is 13.0. The SMILES string of the molecule is COc1cc(C(=O)NCc2cn(CC3COc4c(-c5sccc5CCOCCCCS(=O)(=O)O)sc(C5SC=CC5CCOCCCCS(=O)(=O)O)c4O3)nn2)cc(OC)c1O. The van der Waals surface area contributed by atoms with Crippen molar-refractivity contribution in [1.29, 1.82) is 0 Å². The van der Waals surface area contributed by atoms with Gasteiger partial charge >= 0.3 is 0 Å². The van der Waals surface area contributed by atoms with Crippen LogP contribution in [-0.2, 0) is 49.2 Å². The molecule has 2 aliphatic rings. The summed E-state index contributed by atoms with van der Waals surface area (Å²) in [7, 11) is -5.24. The zero-order valence-electron chi connectivity index (χ0n) is 34.1. The van der Waals surface area contributed by atoms with Crippen molar-refractivity contribution in [2.24, 2.45) is 5.92 Å². The Bertz CT molecular complexity index is 2360. The molecule has 23 heteroatoms. The summed E-state index contributed by atoms with van der Waals surface area (Å²) < 4.78 is 99.1. The van der Waals surface area contributed by atoms with E-state index in [4.69, 9.17) is 37.5 Å². The van der Waals surface area contributed by atoms with Crippen LogP contribution < -0.4 is 24.3 Å². The molecule has 1 aromatic carbocycles. The van der Waals surface area contributed by atoms with Crippen molar-refractivity contribution in [3.63, 3.8) is 0 Å². The third kappa shape index (κ3) is 13.3. The number of nitrogens with one attached hydrogen (secondary N) is 1. The lowest BCUT2D eigenvalue weighted by Gasteiger charge is -2.27. The Labute approximate surface area is 372 Å². The minimum absolute atomic E-state index is 0.0116. The number of rotatable bonds is 25. The number of aromatic nitrogens is 3. The molecule has 3 atom stereocenters. The van der Waals surface area contributed by atoms with E-state index in [0.29, 0.717) is 82.3 Å². The monoisotopic (exact) mass is 958 g/mol. The fourth-order valence-electron chi connectivity index (χ4n) is 6.73. The van der Waals surface area contributed by atoms with Crippen LogP contribution in [0.25, 0.3) is 9.75 Å². The largest absolute Gasteiger partial charge is 0.502 e. The highest BCUT2D eigenvalue weighted by Gasteiger charge is 2.37. The van der Waals surface area contributed by atoms with E-state index < -0.39 is 32.2 Å². The van der Waals surface area contributed by atoms with E-state index in [0.717, 1.165) is 26.6 Å². The topological polar surface area (TPSA) is 244 Å². The molecule has 3 unspecified atom stereocenters. The number of nitrogens with zero attached hydrogens (tertiary/aromatic N) is 3. The summed E-state index contributed by atoms with van der Waals surface area (Å²) in [5.74, 6) is 0.428. The summed E-state index contributed by atoms with van der Waals surface area (Å²) in [6, 6.07) is 4.89. The number of carbonyl (C=O) groups excluding carboxylic acids is 1. The molecule has 62 heavy (non-hydrogen) atoms. The van der Waals surface area contributed by atoms with Gasteiger partial charge in [-0.15, -0.1) is 39.5 Å². The van der Waals surface area contributed by atoms with Gasteiger partial charge in [-0.25, -0.2) is 4.68 Å². The first kappa shape index (κ1) is 47.5. The van der Waals surface area contributed by atoms with E-state index in [1.807, 2.05) is 5.38 Å². The summed E-state index contributed by atoms with van der Waals surface area (Å²) in [5.41, 5.74) is 1.82. The van der Waals surface area contributed by atoms with E-state index in [1.54, 1.807) is 45.3 Å². The van der Waals surface area contributed by atoms with Gasteiger partial charge in [0.05, 0.1) is 71.5 Å². The van der Waals surface area contributed by atoms with Crippen molar-refractivity contribution in [2.45, 2.75) is 63.0 Å². The van der Waals surface area contributed by atoms with Gasteiger partial charge in [0.2, 0.25) is 5.75 Å². The fraction of sp³-hybridized carbons (Fsp3) is 0.513. The maximum Gasteiger partial charge on any atom is 0.264 e. The molecule has 0 aliphatic carbocycles. The second kappa shape index (κ2) is 22.1. The number of benzene rings is 1. The minimum Gasteiger partial charge on any atom is -0.502 e. The number of carbonyl (C=O) groups is 1. The van der Waals surface area contributed by atoms with Gasteiger partial charge in [0.1, 0.15) is 12.3 Å². The summed E-state index contributed by atoms with van der Waals surface area (Å²) in [6.07, 6.45) is 6.46. The Morgan fingerprint density at radius 3 is 2.32 bits per heavy atom. The van der Waals surface area contributed by atoms with Gasteiger partial charge in [0.25, 0.3) is 26.1 Å². The van der Waals surface area contributed by atoms with Crippen molar-refractivity contribution in [1.82, 2.24) is 20.3 Å². The van der Waals surface area contributed by atoms with Gasteiger partial charge in [-0.3, -0.25) is 13.9 Å². The molecule has 0 radical (unpaired) electrons. The summed E-state index contributed by atoms with van der Waals surface area (Å²) in [6.45, 7) is 2.29. The first-order chi connectivity index (χ1) is 29.7. The standard InChI is InChI=1S/C39H50N4O14S5/c1-52-30-19-27(20-31(53-2)32(30)44)39(45)40-21-28-22-43(42-41-28)23-29-24-56-33-34(57-29)38(36-26(10-16-59-36)8-14-55-12-4-6-18-62(49,50)51)60-37(33)35-25(9-15-58-35)7-13-54-11-3-5-17-61(46,47)48/h9-10,15-16,19-20,22,26,29,36,44H,3-8,11-14,17-18,21,23-24H2,1-2H3,(H,40,45)(H,46,47,48)(H,49,50,51). The lowest BCUT2D eigenvalue weighted by Crippen LogP contribution is -2.33. The molecule has 18 nitrogen and oxygen atoms in total. The number of methoxy groups -OCH3 is 2. The Morgan fingerprint density at radius 1 is 0.952 bits per heavy atom. The van der Waals surface area contributed by atoms with Crippen molar-refractivity contribution in [3.05, 3.63) is 63.0 Å². The van der Waals surface area contributed by atoms with Gasteiger partial charge in [-0.1, -0.05) is 11.3 Å². The lowest BCUT2D eigenvalue weighted by molar-refractivity contribution is 0.0758. The average Bonchev–Trinajstić information content (AvgIpc) is 4.05. The smallest absolute Gasteiger partial charge is 0.264 e. The number of aromatic hydroxyl groups is 1. The van der Waals surface area contributed by atoms with Crippen LogP contribution in [0.5, 0.6) is 28.7 Å². The van der Waals surface area contributed by atoms with E-state index in [2.05, 4.69) is 33.2 Å². The number of hydrogen-bond acceptors (Lipinski definition) is 17. The molecule has 6 rings (SSSR count). The number of amides is 1. The van der Waals surface area contributed by atoms with E-state index >= 15 is 0 Å². The molecule has 3 aromatic heterocycles. The van der Waals surface area contributed by atoms with E-state index in [9.17, 15) is 26.7 Å². The Kier molecular flexibility index (Phi) is 17.0. The van der Waals surface area contributed by atoms with Crippen LogP contribution in [0, 0.1) is 5.92 Å². The van der Waals surface area contributed by atoms with E-state index in [-0.39, 0.29) is 58.6 Å². The Morgan fingerprint density at radius 2 is 1.65 bits per heavy atom. The second-order valence-electron chi connectivity index (χ2n) is 14.4. The summed E-state index contributed by atoms with van der Waals surface area (Å²) >= 11 is 4.93. The molecule has 0 bridgehead atoms. The Hall–Kier alpha value is -3.94. The zero-order chi connectivity index (χ0) is 44.3. The highest BCUT2D eigenvalue weighted by atomic mass is 32.2. The molecule has 0 fully saturated rings. The van der Waals surface area contributed by atoms with Crippen LogP contribution in [0.2, 0.25) is 0 Å². The van der Waals surface area contributed by atoms with Crippen molar-refractivity contribution < 1.29 is 64.3 Å². The van der Waals surface area contributed by atoms with Crippen molar-refractivity contribution >= 4 is 60.6 Å². The van der Waals surface area contributed by atoms with Gasteiger partial charge in [-0.05, 0) is 79.0 Å². The first-order valence-electron chi connectivity index (χ1n) is 19.8. The summed E-state index contributed by atoms with van der Waals surface area (Å²) in [4.78, 5) is 16.0. The maximum absolute atomic E-state index is 13.0. The van der Waals surface area contributed by atoms with Crippen LogP contribution in [-0.4, -0.2) is 117 Å². The first-order valence-corrected chi connectivity index (χ1v) is 25.6. The molecule has 1 amide bonds. The molecular weight excluding hydrogens is 909 g/mol. The van der Waals surface area contributed by atoms with Gasteiger partial charge in [0, 0.05) is 25.4 Å². The molecule has 2 aliphatic heterocycles. The third-order valence-electron chi connectivity index (χ3n) is 9.84. The summed E-state index contributed by atoms with van der Waals surface area (Å²) in [5, 5.41) is 25.7. The average molecular weight is 959 g/mol.